The highest BCUT2D eigenvalue weighted by molar-refractivity contribution is 5.94. The smallest absolute Gasteiger partial charge is 0.224 e. The molecular formula is C26H30N4O3. The first-order valence-electron chi connectivity index (χ1n) is 11.6. The van der Waals surface area contributed by atoms with E-state index in [1.54, 1.807) is 26.0 Å². The number of Topliss-reactive ketones (excluding diaryl/α,β-unsaturated/α-hetero) is 1. The lowest BCUT2D eigenvalue weighted by molar-refractivity contribution is -0.118. The molecule has 1 N–H and O–H groups in total. The first kappa shape index (κ1) is 22.8. The van der Waals surface area contributed by atoms with E-state index in [1.807, 2.05) is 29.2 Å². The molecule has 1 aliphatic carbocycles. The average Bonchev–Trinajstić information content (AvgIpc) is 3.63. The summed E-state index contributed by atoms with van der Waals surface area (Å²) in [5.41, 5.74) is 2.37. The molecule has 3 atom stereocenters. The summed E-state index contributed by atoms with van der Waals surface area (Å²) in [5.74, 6) is 2.00. The van der Waals surface area contributed by atoms with Crippen molar-refractivity contribution in [3.63, 3.8) is 0 Å². The van der Waals surface area contributed by atoms with Crippen LogP contribution >= 0.6 is 0 Å². The second kappa shape index (κ2) is 9.62. The fourth-order valence-electron chi connectivity index (χ4n) is 4.86. The van der Waals surface area contributed by atoms with Gasteiger partial charge in [0.2, 0.25) is 11.8 Å². The van der Waals surface area contributed by atoms with Crippen molar-refractivity contribution in [1.82, 2.24) is 4.98 Å². The Morgan fingerprint density at radius 3 is 2.70 bits per heavy atom. The molecule has 1 aromatic heterocycles. The van der Waals surface area contributed by atoms with Crippen molar-refractivity contribution in [2.75, 3.05) is 16.8 Å². The first-order valence-corrected chi connectivity index (χ1v) is 11.6. The van der Waals surface area contributed by atoms with E-state index in [0.29, 0.717) is 42.8 Å². The van der Waals surface area contributed by atoms with Gasteiger partial charge >= 0.3 is 0 Å². The Morgan fingerprint density at radius 2 is 2.03 bits per heavy atom. The van der Waals surface area contributed by atoms with Crippen molar-refractivity contribution in [2.24, 2.45) is 11.8 Å². The van der Waals surface area contributed by atoms with Crippen molar-refractivity contribution < 1.29 is 14.3 Å². The van der Waals surface area contributed by atoms with Crippen LogP contribution in [0.15, 0.2) is 36.4 Å². The van der Waals surface area contributed by atoms with Crippen molar-refractivity contribution in [1.29, 1.82) is 0 Å². The quantitative estimate of drug-likeness (QED) is 0.439. The highest BCUT2D eigenvalue weighted by Gasteiger charge is 2.47. The Labute approximate surface area is 195 Å². The van der Waals surface area contributed by atoms with Gasteiger partial charge in [0.15, 0.2) is 5.69 Å². The lowest BCUT2D eigenvalue weighted by Crippen LogP contribution is -2.51. The van der Waals surface area contributed by atoms with Gasteiger partial charge in [0.25, 0.3) is 0 Å². The summed E-state index contributed by atoms with van der Waals surface area (Å²) in [4.78, 5) is 34.0. The Morgan fingerprint density at radius 1 is 1.24 bits per heavy atom. The van der Waals surface area contributed by atoms with Crippen molar-refractivity contribution in [3.05, 3.63) is 53.4 Å². The summed E-state index contributed by atoms with van der Waals surface area (Å²) in [6.07, 6.45) is 3.41. The van der Waals surface area contributed by atoms with Crippen LogP contribution in [0.4, 0.5) is 17.2 Å². The third-order valence-corrected chi connectivity index (χ3v) is 6.49. The Hall–Kier alpha value is -3.40. The van der Waals surface area contributed by atoms with Gasteiger partial charge in [-0.1, -0.05) is 19.1 Å². The number of nitrogens with one attached hydrogen (secondary N) is 1. The van der Waals surface area contributed by atoms with Gasteiger partial charge in [-0.15, -0.1) is 0 Å². The van der Waals surface area contributed by atoms with Crippen molar-refractivity contribution in [2.45, 2.75) is 58.5 Å². The van der Waals surface area contributed by atoms with Crippen LogP contribution in [0.5, 0.6) is 5.88 Å². The molecule has 7 heteroatoms. The number of rotatable bonds is 8. The van der Waals surface area contributed by atoms with Crippen LogP contribution in [0, 0.1) is 18.4 Å². The number of ether oxygens (including phenoxy) is 1. The third-order valence-electron chi connectivity index (χ3n) is 6.49. The molecule has 7 nitrogen and oxygen atoms in total. The van der Waals surface area contributed by atoms with E-state index in [2.05, 4.69) is 22.1 Å². The molecule has 0 spiro atoms. The van der Waals surface area contributed by atoms with E-state index in [1.165, 1.54) is 0 Å². The topological polar surface area (TPSA) is 75.9 Å². The standard InChI is InChI=1S/C26H30N4O3/c1-16(31)7-6-14-33-24-9-5-8-23(28-24)29-25-17(2)26(19-10-11-19)30(18(3)32)22-13-12-20(27-4)15-21(22)25/h5,8-9,12-13,15,17,19,25-26H,6-7,10-11,14H2,1-3H3,(H,28,29)/t17-,25-,26-/m1/s1. The van der Waals surface area contributed by atoms with Gasteiger partial charge in [-0.25, -0.2) is 4.85 Å². The normalized spacial score (nSPS) is 21.6. The van der Waals surface area contributed by atoms with E-state index in [0.717, 1.165) is 24.1 Å². The molecule has 172 valence electrons. The van der Waals surface area contributed by atoms with Crippen molar-refractivity contribution >= 4 is 28.9 Å². The number of pyridine rings is 1. The number of benzene rings is 1. The highest BCUT2D eigenvalue weighted by atomic mass is 16.5. The molecule has 0 unspecified atom stereocenters. The van der Waals surface area contributed by atoms with E-state index < -0.39 is 0 Å². The van der Waals surface area contributed by atoms with Gasteiger partial charge in [-0.3, -0.25) is 4.79 Å². The summed E-state index contributed by atoms with van der Waals surface area (Å²) in [5, 5.41) is 3.57. The van der Waals surface area contributed by atoms with Gasteiger partial charge in [-0.2, -0.15) is 4.98 Å². The van der Waals surface area contributed by atoms with Crippen LogP contribution in [0.1, 0.15) is 58.1 Å². The van der Waals surface area contributed by atoms with Crippen LogP contribution in [0.3, 0.4) is 0 Å². The number of fused-ring (bicyclic) bond motifs is 1. The van der Waals surface area contributed by atoms with Crippen LogP contribution in [0.2, 0.25) is 0 Å². The first-order chi connectivity index (χ1) is 15.9. The molecule has 1 amide bonds. The highest BCUT2D eigenvalue weighted by Crippen LogP contribution is 2.50. The van der Waals surface area contributed by atoms with Crippen LogP contribution in [0.25, 0.3) is 4.85 Å². The monoisotopic (exact) mass is 446 g/mol. The number of anilines is 2. The predicted octanol–water partition coefficient (Wildman–Crippen LogP) is 5.31. The summed E-state index contributed by atoms with van der Waals surface area (Å²) >= 11 is 0. The number of ketones is 1. The number of nitrogens with zero attached hydrogens (tertiary/aromatic N) is 3. The van der Waals surface area contributed by atoms with E-state index in [4.69, 9.17) is 11.3 Å². The minimum atomic E-state index is -0.0941. The number of carbonyl (C=O) groups excluding carboxylic acids is 2. The minimum absolute atomic E-state index is 0.0353. The maximum Gasteiger partial charge on any atom is 0.224 e. The van der Waals surface area contributed by atoms with Gasteiger partial charge in [0, 0.05) is 37.1 Å². The second-order valence-electron chi connectivity index (χ2n) is 9.07. The minimum Gasteiger partial charge on any atom is -0.478 e. The maximum atomic E-state index is 12.7. The molecular weight excluding hydrogens is 416 g/mol. The lowest BCUT2D eigenvalue weighted by atomic mass is 9.79. The Bertz CT molecular complexity index is 1090. The van der Waals surface area contributed by atoms with Crippen LogP contribution in [-0.4, -0.2) is 29.3 Å². The number of aromatic nitrogens is 1. The zero-order valence-electron chi connectivity index (χ0n) is 19.4. The average molecular weight is 447 g/mol. The number of carbonyl (C=O) groups is 2. The molecule has 0 bridgehead atoms. The number of hydrogen-bond donors (Lipinski definition) is 1. The molecule has 1 saturated carbocycles. The molecule has 1 fully saturated rings. The third kappa shape index (κ3) is 5.00. The molecule has 2 aliphatic rings. The summed E-state index contributed by atoms with van der Waals surface area (Å²) in [6.45, 7) is 13.3. The van der Waals surface area contributed by atoms with Crippen LogP contribution in [-0.2, 0) is 9.59 Å². The Balaban J connectivity index is 1.62. The molecule has 2 heterocycles. The fraction of sp³-hybridized carbons (Fsp3) is 0.462. The number of hydrogen-bond acceptors (Lipinski definition) is 5. The molecule has 1 aromatic carbocycles. The summed E-state index contributed by atoms with van der Waals surface area (Å²) in [6, 6.07) is 11.2. The number of amides is 1. The lowest BCUT2D eigenvalue weighted by Gasteiger charge is -2.46. The Kier molecular flexibility index (Phi) is 6.64. The van der Waals surface area contributed by atoms with E-state index >= 15 is 0 Å². The zero-order chi connectivity index (χ0) is 23.5. The van der Waals surface area contributed by atoms with Crippen molar-refractivity contribution in [3.8, 4) is 5.88 Å². The summed E-state index contributed by atoms with van der Waals surface area (Å²) < 4.78 is 5.74. The van der Waals surface area contributed by atoms with E-state index in [-0.39, 0.29) is 29.7 Å². The van der Waals surface area contributed by atoms with E-state index in [9.17, 15) is 9.59 Å². The van der Waals surface area contributed by atoms with Crippen LogP contribution < -0.4 is 15.0 Å². The predicted molar refractivity (Wildman–Crippen MR) is 128 cm³/mol. The molecule has 0 saturated heterocycles. The van der Waals surface area contributed by atoms with Gasteiger partial charge in [0.1, 0.15) is 11.6 Å². The van der Waals surface area contributed by atoms with Gasteiger partial charge < -0.3 is 19.7 Å². The molecule has 4 rings (SSSR count). The molecule has 0 radical (unpaired) electrons. The molecule has 2 aromatic rings. The van der Waals surface area contributed by atoms with Gasteiger partial charge in [0.05, 0.1) is 19.2 Å². The molecule has 33 heavy (non-hydrogen) atoms. The molecule has 1 aliphatic heterocycles. The van der Waals surface area contributed by atoms with Gasteiger partial charge in [-0.05, 0) is 55.9 Å². The summed E-state index contributed by atoms with van der Waals surface area (Å²) in [7, 11) is 0. The SMILES string of the molecule is [C-]#[N+]c1ccc2c(c1)[C@H](Nc1cccc(OCCCC(C)=O)n1)[C@@H](C)[C@H](C1CC1)N2C(C)=O. The zero-order valence-corrected chi connectivity index (χ0v) is 19.4. The maximum absolute atomic E-state index is 12.7. The fourth-order valence-corrected chi connectivity index (χ4v) is 4.86. The largest absolute Gasteiger partial charge is 0.478 e. The second-order valence-corrected chi connectivity index (χ2v) is 9.07.